The third kappa shape index (κ3) is 5.18. The number of ether oxygens (including phenoxy) is 4. The molecule has 3 aromatic rings. The largest absolute Gasteiger partial charge is 0.493 e. The predicted molar refractivity (Wildman–Crippen MR) is 144 cm³/mol. The summed E-state index contributed by atoms with van der Waals surface area (Å²) < 4.78 is 22.2. The average Bonchev–Trinajstić information content (AvgIpc) is 3.25. The van der Waals surface area contributed by atoms with Crippen LogP contribution in [0.5, 0.6) is 23.0 Å². The molecule has 0 spiro atoms. The van der Waals surface area contributed by atoms with Gasteiger partial charge in [-0.25, -0.2) is 4.99 Å². The molecule has 0 saturated carbocycles. The molecule has 1 atom stereocenters. The Labute approximate surface area is 216 Å². The number of aliphatic imine (C=N–C) groups is 1. The smallest absolute Gasteiger partial charge is 0.259 e. The van der Waals surface area contributed by atoms with Crippen molar-refractivity contribution in [3.05, 3.63) is 58.0 Å². The fourth-order valence-corrected chi connectivity index (χ4v) is 5.80. The lowest BCUT2D eigenvalue weighted by molar-refractivity contribution is 0.102. The van der Waals surface area contributed by atoms with E-state index in [-0.39, 0.29) is 5.91 Å². The van der Waals surface area contributed by atoms with Crippen LogP contribution >= 0.6 is 11.3 Å². The van der Waals surface area contributed by atoms with Gasteiger partial charge in [0.2, 0.25) is 5.75 Å². The third-order valence-corrected chi connectivity index (χ3v) is 7.37. The van der Waals surface area contributed by atoms with Crippen molar-refractivity contribution in [2.75, 3.05) is 33.3 Å². The minimum Gasteiger partial charge on any atom is -0.493 e. The molecule has 0 bridgehead atoms. The zero-order valence-corrected chi connectivity index (χ0v) is 22.2. The topological polar surface area (TPSA) is 78.4 Å². The molecule has 36 heavy (non-hydrogen) atoms. The van der Waals surface area contributed by atoms with E-state index in [9.17, 15) is 4.79 Å². The number of fused-ring (bicyclic) bond motifs is 1. The number of para-hydroxylation sites is 2. The van der Waals surface area contributed by atoms with Gasteiger partial charge in [-0.15, -0.1) is 11.3 Å². The monoisotopic (exact) mass is 508 g/mol. The number of rotatable bonds is 9. The highest BCUT2D eigenvalue weighted by atomic mass is 32.1. The molecule has 1 amide bonds. The molecule has 0 fully saturated rings. The lowest BCUT2D eigenvalue weighted by atomic mass is 9.88. The van der Waals surface area contributed by atoms with E-state index in [1.165, 1.54) is 4.88 Å². The molecule has 1 aliphatic carbocycles. The number of thiophene rings is 1. The number of carbonyl (C=O) groups is 1. The first-order valence-corrected chi connectivity index (χ1v) is 12.8. The molecular formula is C28H32N2O5S. The summed E-state index contributed by atoms with van der Waals surface area (Å²) in [6.07, 6.45) is 4.57. The molecule has 2 aromatic carbocycles. The van der Waals surface area contributed by atoms with Gasteiger partial charge in [0.25, 0.3) is 5.91 Å². The van der Waals surface area contributed by atoms with Gasteiger partial charge >= 0.3 is 0 Å². The summed E-state index contributed by atoms with van der Waals surface area (Å²) >= 11 is 1.58. The number of carbonyl (C=O) groups excluding carboxylic acids is 1. The number of hydrogen-bond acceptors (Lipinski definition) is 7. The molecule has 190 valence electrons. The van der Waals surface area contributed by atoms with Gasteiger partial charge in [0.05, 0.1) is 39.2 Å². The van der Waals surface area contributed by atoms with Crippen molar-refractivity contribution in [1.29, 1.82) is 0 Å². The molecule has 8 heteroatoms. The first-order valence-electron chi connectivity index (χ1n) is 12.0. The number of nitrogens with zero attached hydrogens (tertiary/aromatic N) is 1. The Morgan fingerprint density at radius 3 is 2.58 bits per heavy atom. The average molecular weight is 509 g/mol. The van der Waals surface area contributed by atoms with Gasteiger partial charge in [-0.3, -0.25) is 4.79 Å². The minimum absolute atomic E-state index is 0.180. The highest BCUT2D eigenvalue weighted by Gasteiger charge is 2.28. The van der Waals surface area contributed by atoms with Gasteiger partial charge in [0.15, 0.2) is 11.5 Å². The van der Waals surface area contributed by atoms with Gasteiger partial charge in [0, 0.05) is 16.7 Å². The molecule has 1 N–H and O–H groups in total. The van der Waals surface area contributed by atoms with Crippen molar-refractivity contribution < 1.29 is 23.7 Å². The molecule has 0 radical (unpaired) electrons. The van der Waals surface area contributed by atoms with Crippen molar-refractivity contribution in [1.82, 2.24) is 0 Å². The SMILES string of the molecule is CCOc1ccccc1NC(=O)c1c(/N=C/c2ccc(OC)c(OC)c2OC)sc2c1CCC(C)C2. The summed E-state index contributed by atoms with van der Waals surface area (Å²) in [5, 5.41) is 3.74. The molecule has 1 unspecified atom stereocenters. The second-order valence-electron chi connectivity index (χ2n) is 8.60. The summed E-state index contributed by atoms with van der Waals surface area (Å²) in [4.78, 5) is 19.6. The second kappa shape index (κ2) is 11.5. The fourth-order valence-electron chi connectivity index (χ4n) is 4.45. The van der Waals surface area contributed by atoms with E-state index in [0.29, 0.717) is 51.8 Å². The van der Waals surface area contributed by atoms with Gasteiger partial charge in [-0.2, -0.15) is 0 Å². The Bertz CT molecular complexity index is 1270. The van der Waals surface area contributed by atoms with Crippen molar-refractivity contribution in [3.8, 4) is 23.0 Å². The number of methoxy groups -OCH3 is 3. The molecule has 0 aliphatic heterocycles. The summed E-state index contributed by atoms with van der Waals surface area (Å²) in [5.41, 5.74) is 3.09. The van der Waals surface area contributed by atoms with Crippen molar-refractivity contribution in [3.63, 3.8) is 0 Å². The van der Waals surface area contributed by atoms with E-state index in [0.717, 1.165) is 30.4 Å². The third-order valence-electron chi connectivity index (χ3n) is 6.21. The lowest BCUT2D eigenvalue weighted by Gasteiger charge is -2.19. The van der Waals surface area contributed by atoms with E-state index in [1.54, 1.807) is 38.9 Å². The van der Waals surface area contributed by atoms with Crippen LogP contribution in [0.25, 0.3) is 0 Å². The van der Waals surface area contributed by atoms with Crippen molar-refractivity contribution in [2.45, 2.75) is 33.1 Å². The van der Waals surface area contributed by atoms with Crippen LogP contribution in [0.1, 0.15) is 46.6 Å². The van der Waals surface area contributed by atoms with Gasteiger partial charge in [-0.05, 0) is 61.9 Å². The summed E-state index contributed by atoms with van der Waals surface area (Å²) in [7, 11) is 4.73. The first-order chi connectivity index (χ1) is 17.5. The lowest BCUT2D eigenvalue weighted by Crippen LogP contribution is -2.17. The molecule has 1 aromatic heterocycles. The van der Waals surface area contributed by atoms with Gasteiger partial charge in [-0.1, -0.05) is 19.1 Å². The fraction of sp³-hybridized carbons (Fsp3) is 0.357. The standard InChI is InChI=1S/C28H32N2O5S/c1-6-35-21-10-8-7-9-20(21)30-27(31)24-19-13-11-17(2)15-23(19)36-28(24)29-16-18-12-14-22(32-3)26(34-5)25(18)33-4/h7-10,12,14,16-17H,6,11,13,15H2,1-5H3,(H,30,31)/b29-16+. The Kier molecular flexibility index (Phi) is 8.15. The van der Waals surface area contributed by atoms with E-state index < -0.39 is 0 Å². The number of benzene rings is 2. The summed E-state index contributed by atoms with van der Waals surface area (Å²) in [6.45, 7) is 4.68. The van der Waals surface area contributed by atoms with Crippen LogP contribution in [0.4, 0.5) is 10.7 Å². The number of nitrogens with one attached hydrogen (secondary N) is 1. The Morgan fingerprint density at radius 1 is 1.08 bits per heavy atom. The molecule has 7 nitrogen and oxygen atoms in total. The summed E-state index contributed by atoms with van der Waals surface area (Å²) in [5.74, 6) is 2.63. The van der Waals surface area contributed by atoms with E-state index >= 15 is 0 Å². The Balaban J connectivity index is 1.74. The molecule has 4 rings (SSSR count). The van der Waals surface area contributed by atoms with Crippen LogP contribution in [-0.2, 0) is 12.8 Å². The molecular weight excluding hydrogens is 476 g/mol. The van der Waals surface area contributed by atoms with Gasteiger partial charge in [0.1, 0.15) is 10.8 Å². The van der Waals surface area contributed by atoms with E-state index in [2.05, 4.69) is 12.2 Å². The van der Waals surface area contributed by atoms with Crippen molar-refractivity contribution in [2.24, 2.45) is 10.9 Å². The maximum Gasteiger partial charge on any atom is 0.259 e. The maximum atomic E-state index is 13.6. The molecule has 1 aliphatic rings. The van der Waals surface area contributed by atoms with Crippen molar-refractivity contribution >= 4 is 34.1 Å². The zero-order valence-electron chi connectivity index (χ0n) is 21.3. The van der Waals surface area contributed by atoms with Crippen LogP contribution < -0.4 is 24.3 Å². The normalized spacial score (nSPS) is 14.9. The maximum absolute atomic E-state index is 13.6. The first kappa shape index (κ1) is 25.6. The van der Waals surface area contributed by atoms with E-state index in [4.69, 9.17) is 23.9 Å². The van der Waals surface area contributed by atoms with Crippen LogP contribution in [0, 0.1) is 5.92 Å². The van der Waals surface area contributed by atoms with Crippen LogP contribution in [0.2, 0.25) is 0 Å². The van der Waals surface area contributed by atoms with Crippen LogP contribution in [0.3, 0.4) is 0 Å². The minimum atomic E-state index is -0.180. The quantitative estimate of drug-likeness (QED) is 0.343. The van der Waals surface area contributed by atoms with Gasteiger partial charge < -0.3 is 24.3 Å². The second-order valence-corrected chi connectivity index (χ2v) is 9.68. The van der Waals surface area contributed by atoms with Crippen LogP contribution in [-0.4, -0.2) is 40.1 Å². The summed E-state index contributed by atoms with van der Waals surface area (Å²) in [6, 6.07) is 11.1. The predicted octanol–water partition coefficient (Wildman–Crippen LogP) is 6.30. The van der Waals surface area contributed by atoms with Crippen LogP contribution in [0.15, 0.2) is 41.4 Å². The highest BCUT2D eigenvalue weighted by molar-refractivity contribution is 7.16. The highest BCUT2D eigenvalue weighted by Crippen LogP contribution is 2.43. The van der Waals surface area contributed by atoms with E-state index in [1.807, 2.05) is 43.3 Å². The zero-order chi connectivity index (χ0) is 25.7. The number of amides is 1. The number of anilines is 1. The Hall–Kier alpha value is -3.52. The Morgan fingerprint density at radius 2 is 1.86 bits per heavy atom. The molecule has 1 heterocycles. The molecule has 0 saturated heterocycles. The number of hydrogen-bond donors (Lipinski definition) is 1.